The number of hydrogen-bond acceptors (Lipinski definition) is 6. The van der Waals surface area contributed by atoms with Crippen LogP contribution in [-0.4, -0.2) is 19.8 Å². The van der Waals surface area contributed by atoms with Crippen molar-refractivity contribution < 1.29 is 9.15 Å². The normalized spacial score (nSPS) is 11.2. The van der Waals surface area contributed by atoms with E-state index in [-0.39, 0.29) is 0 Å². The molecule has 0 saturated heterocycles. The maximum atomic E-state index is 5.79. The van der Waals surface area contributed by atoms with Crippen LogP contribution in [0, 0.1) is 13.8 Å². The number of ether oxygens (including phenoxy) is 1. The Hall–Kier alpha value is -2.67. The zero-order valence-corrected chi connectivity index (χ0v) is 13.5. The number of rotatable bonds is 4. The second kappa shape index (κ2) is 5.51. The van der Waals surface area contributed by atoms with Gasteiger partial charge in [0, 0.05) is 0 Å². The summed E-state index contributed by atoms with van der Waals surface area (Å²) in [6, 6.07) is 9.82. The van der Waals surface area contributed by atoms with Crippen molar-refractivity contribution in [2.75, 3.05) is 0 Å². The van der Waals surface area contributed by atoms with E-state index in [0.717, 1.165) is 27.0 Å². The van der Waals surface area contributed by atoms with Crippen molar-refractivity contribution in [3.05, 3.63) is 52.9 Å². The summed E-state index contributed by atoms with van der Waals surface area (Å²) >= 11 is 1.47. The Kier molecular flexibility index (Phi) is 3.34. The molecule has 1 aromatic carbocycles. The summed E-state index contributed by atoms with van der Waals surface area (Å²) < 4.78 is 12.9. The number of nitrogens with zero attached hydrogens (tertiary/aromatic N) is 4. The molecule has 0 amide bonds. The monoisotopic (exact) mass is 326 g/mol. The molecule has 0 aliphatic carbocycles. The molecule has 0 saturated carbocycles. The quantitative estimate of drug-likeness (QED) is 0.573. The van der Waals surface area contributed by atoms with E-state index < -0.39 is 0 Å². The van der Waals surface area contributed by atoms with Gasteiger partial charge in [-0.1, -0.05) is 23.5 Å². The van der Waals surface area contributed by atoms with E-state index in [1.165, 1.54) is 16.9 Å². The zero-order chi connectivity index (χ0) is 15.8. The van der Waals surface area contributed by atoms with Gasteiger partial charge in [0.2, 0.25) is 4.96 Å². The number of furan rings is 1. The highest BCUT2D eigenvalue weighted by molar-refractivity contribution is 7.16. The van der Waals surface area contributed by atoms with Gasteiger partial charge in [-0.05, 0) is 37.6 Å². The summed E-state index contributed by atoms with van der Waals surface area (Å²) in [7, 11) is 0. The van der Waals surface area contributed by atoms with E-state index in [9.17, 15) is 0 Å². The smallest absolute Gasteiger partial charge is 0.235 e. The fourth-order valence-corrected chi connectivity index (χ4v) is 3.10. The predicted molar refractivity (Wildman–Crippen MR) is 86.6 cm³/mol. The molecule has 0 N–H and O–H groups in total. The minimum atomic E-state index is 0.404. The molecule has 3 heterocycles. The van der Waals surface area contributed by atoms with Crippen molar-refractivity contribution in [2.45, 2.75) is 20.5 Å². The highest BCUT2D eigenvalue weighted by atomic mass is 32.1. The highest BCUT2D eigenvalue weighted by Crippen LogP contribution is 2.25. The van der Waals surface area contributed by atoms with Crippen molar-refractivity contribution in [1.82, 2.24) is 19.8 Å². The largest absolute Gasteiger partial charge is 0.486 e. The van der Waals surface area contributed by atoms with Crippen LogP contribution in [0.15, 0.2) is 41.0 Å². The summed E-state index contributed by atoms with van der Waals surface area (Å²) in [6.07, 6.45) is 1.64. The van der Waals surface area contributed by atoms with Crippen LogP contribution in [0.4, 0.5) is 0 Å². The molecule has 0 unspecified atom stereocenters. The Morgan fingerprint density at radius 2 is 2.13 bits per heavy atom. The average molecular weight is 326 g/mol. The fraction of sp³-hybridized carbons (Fsp3) is 0.188. The van der Waals surface area contributed by atoms with Crippen LogP contribution in [0.5, 0.6) is 5.75 Å². The Morgan fingerprint density at radius 1 is 1.22 bits per heavy atom. The Balaban J connectivity index is 1.60. The van der Waals surface area contributed by atoms with Gasteiger partial charge in [-0.3, -0.25) is 0 Å². The highest BCUT2D eigenvalue weighted by Gasteiger charge is 2.16. The molecule has 0 bridgehead atoms. The average Bonchev–Trinajstić information content (AvgIpc) is 3.21. The van der Waals surface area contributed by atoms with E-state index in [4.69, 9.17) is 9.15 Å². The molecule has 4 aromatic rings. The van der Waals surface area contributed by atoms with Gasteiger partial charge in [0.15, 0.2) is 10.8 Å². The van der Waals surface area contributed by atoms with Gasteiger partial charge < -0.3 is 9.15 Å². The van der Waals surface area contributed by atoms with Crippen LogP contribution < -0.4 is 4.74 Å². The molecular formula is C16H14N4O2S. The van der Waals surface area contributed by atoms with Gasteiger partial charge in [0.1, 0.15) is 18.1 Å². The van der Waals surface area contributed by atoms with Crippen molar-refractivity contribution in [1.29, 1.82) is 0 Å². The molecule has 0 radical (unpaired) electrons. The summed E-state index contributed by atoms with van der Waals surface area (Å²) in [4.78, 5) is 0.739. The first-order valence-electron chi connectivity index (χ1n) is 7.16. The fourth-order valence-electron chi connectivity index (χ4n) is 2.35. The molecule has 0 aliphatic rings. The first kappa shape index (κ1) is 14.0. The number of benzene rings is 1. The van der Waals surface area contributed by atoms with Gasteiger partial charge in [-0.15, -0.1) is 10.2 Å². The molecule has 4 rings (SSSR count). The van der Waals surface area contributed by atoms with E-state index in [1.54, 1.807) is 10.8 Å². The van der Waals surface area contributed by atoms with Gasteiger partial charge in [0.05, 0.1) is 11.8 Å². The van der Waals surface area contributed by atoms with E-state index in [1.807, 2.05) is 44.2 Å². The number of aryl methyl sites for hydroxylation is 2. The van der Waals surface area contributed by atoms with Gasteiger partial charge in [0.25, 0.3) is 0 Å². The molecule has 0 fully saturated rings. The molecule has 3 aromatic heterocycles. The van der Waals surface area contributed by atoms with Gasteiger partial charge in [-0.2, -0.15) is 9.61 Å². The lowest BCUT2D eigenvalue weighted by atomic mass is 10.2. The lowest BCUT2D eigenvalue weighted by Crippen LogP contribution is -1.97. The third kappa shape index (κ3) is 2.59. The molecule has 7 heteroatoms. The summed E-state index contributed by atoms with van der Waals surface area (Å²) in [6.45, 7) is 4.33. The van der Waals surface area contributed by atoms with E-state index in [2.05, 4.69) is 15.3 Å². The van der Waals surface area contributed by atoms with Crippen molar-refractivity contribution >= 4 is 16.3 Å². The molecular weight excluding hydrogens is 312 g/mol. The van der Waals surface area contributed by atoms with Crippen molar-refractivity contribution in [3.63, 3.8) is 0 Å². The minimum Gasteiger partial charge on any atom is -0.486 e. The maximum Gasteiger partial charge on any atom is 0.235 e. The van der Waals surface area contributed by atoms with E-state index in [0.29, 0.717) is 12.4 Å². The lowest BCUT2D eigenvalue weighted by Gasteiger charge is -2.03. The van der Waals surface area contributed by atoms with Crippen LogP contribution in [0.25, 0.3) is 16.3 Å². The Labute approximate surface area is 136 Å². The third-order valence-electron chi connectivity index (χ3n) is 3.48. The maximum absolute atomic E-state index is 5.79. The first-order chi connectivity index (χ1) is 11.2. The van der Waals surface area contributed by atoms with Crippen LogP contribution in [-0.2, 0) is 6.61 Å². The number of fused-ring (bicyclic) bond motifs is 1. The van der Waals surface area contributed by atoms with E-state index >= 15 is 0 Å². The van der Waals surface area contributed by atoms with Crippen LogP contribution in [0.1, 0.15) is 16.3 Å². The predicted octanol–water partition coefficient (Wildman–Crippen LogP) is 3.64. The lowest BCUT2D eigenvalue weighted by molar-refractivity contribution is 0.304. The molecule has 6 nitrogen and oxygen atoms in total. The zero-order valence-electron chi connectivity index (χ0n) is 12.7. The molecule has 0 atom stereocenters. The second-order valence-corrected chi connectivity index (χ2v) is 6.25. The van der Waals surface area contributed by atoms with Crippen LogP contribution in [0.3, 0.4) is 0 Å². The summed E-state index contributed by atoms with van der Waals surface area (Å²) in [5.74, 6) is 2.32. The topological polar surface area (TPSA) is 65.5 Å². The van der Waals surface area contributed by atoms with Crippen molar-refractivity contribution in [3.8, 4) is 17.1 Å². The van der Waals surface area contributed by atoms with Crippen LogP contribution in [0.2, 0.25) is 0 Å². The SMILES string of the molecule is Cc1cccc(OCc2nn3c(-c4ccoc4C)nnc3s2)c1. The molecule has 0 spiro atoms. The van der Waals surface area contributed by atoms with Gasteiger partial charge >= 0.3 is 0 Å². The Bertz CT molecular complexity index is 969. The third-order valence-corrected chi connectivity index (χ3v) is 4.36. The van der Waals surface area contributed by atoms with Crippen LogP contribution >= 0.6 is 11.3 Å². The van der Waals surface area contributed by atoms with Gasteiger partial charge in [-0.25, -0.2) is 0 Å². The molecule has 23 heavy (non-hydrogen) atoms. The van der Waals surface area contributed by atoms with Crippen molar-refractivity contribution in [2.24, 2.45) is 0 Å². The first-order valence-corrected chi connectivity index (χ1v) is 7.97. The molecule has 0 aliphatic heterocycles. The number of hydrogen-bond donors (Lipinski definition) is 0. The summed E-state index contributed by atoms with van der Waals surface area (Å²) in [5, 5.41) is 13.8. The second-order valence-electron chi connectivity index (χ2n) is 5.21. The Morgan fingerprint density at radius 3 is 2.91 bits per heavy atom. The standard InChI is InChI=1S/C16H14N4O2S/c1-10-4-3-5-12(8-10)22-9-14-19-20-15(17-18-16(20)23-14)13-6-7-21-11(13)2/h3-8H,9H2,1-2H3. The molecule has 116 valence electrons. The summed E-state index contributed by atoms with van der Waals surface area (Å²) in [5.41, 5.74) is 2.06. The minimum absolute atomic E-state index is 0.404. The number of aromatic nitrogens is 4.